The van der Waals surface area contributed by atoms with Crippen LogP contribution < -0.4 is 15.4 Å². The number of benzene rings is 2. The van der Waals surface area contributed by atoms with Crippen molar-refractivity contribution in [2.75, 3.05) is 17.2 Å². The molecule has 23 heavy (non-hydrogen) atoms. The molecule has 5 heteroatoms. The fraction of sp³-hybridized carbons (Fsp3) is 0.278. The molecular weight excluding hydrogens is 312 g/mol. The lowest BCUT2D eigenvalue weighted by molar-refractivity contribution is 0.262. The molecule has 0 atom stereocenters. The van der Waals surface area contributed by atoms with Crippen molar-refractivity contribution in [2.45, 2.75) is 20.3 Å². The number of carbonyl (C=O) groups is 1. The summed E-state index contributed by atoms with van der Waals surface area (Å²) in [5, 5.41) is 6.08. The maximum atomic E-state index is 12.0. The molecule has 0 spiro atoms. The van der Waals surface area contributed by atoms with Crippen LogP contribution in [-0.2, 0) is 0 Å². The van der Waals surface area contributed by atoms with Gasteiger partial charge in [-0.3, -0.25) is 0 Å². The van der Waals surface area contributed by atoms with E-state index in [1.54, 1.807) is 30.3 Å². The van der Waals surface area contributed by atoms with E-state index in [-0.39, 0.29) is 6.03 Å². The molecular formula is C18H21ClN2O2. The molecule has 4 nitrogen and oxygen atoms in total. The second-order valence-electron chi connectivity index (χ2n) is 5.65. The smallest absolute Gasteiger partial charge is 0.323 e. The van der Waals surface area contributed by atoms with E-state index in [9.17, 15) is 4.79 Å². The summed E-state index contributed by atoms with van der Waals surface area (Å²) in [6, 6.07) is 14.0. The van der Waals surface area contributed by atoms with Crippen molar-refractivity contribution in [1.82, 2.24) is 0 Å². The first-order valence-corrected chi connectivity index (χ1v) is 7.97. The Labute approximate surface area is 141 Å². The summed E-state index contributed by atoms with van der Waals surface area (Å²) in [6.45, 7) is 4.97. The van der Waals surface area contributed by atoms with Crippen molar-refractivity contribution in [3.63, 3.8) is 0 Å². The van der Waals surface area contributed by atoms with Crippen LogP contribution in [-0.4, -0.2) is 12.6 Å². The van der Waals surface area contributed by atoms with E-state index in [0.717, 1.165) is 12.2 Å². The second-order valence-corrected chi connectivity index (χ2v) is 6.08. The minimum atomic E-state index is -0.327. The van der Waals surface area contributed by atoms with Crippen LogP contribution in [0.25, 0.3) is 0 Å². The van der Waals surface area contributed by atoms with Gasteiger partial charge >= 0.3 is 6.03 Å². The van der Waals surface area contributed by atoms with Gasteiger partial charge in [-0.1, -0.05) is 37.6 Å². The van der Waals surface area contributed by atoms with Gasteiger partial charge in [-0.15, -0.1) is 0 Å². The highest BCUT2D eigenvalue weighted by atomic mass is 35.5. The van der Waals surface area contributed by atoms with Crippen LogP contribution in [0.15, 0.2) is 48.5 Å². The molecule has 2 aromatic rings. The summed E-state index contributed by atoms with van der Waals surface area (Å²) in [5.41, 5.74) is 1.31. The molecule has 0 unspecified atom stereocenters. The molecule has 2 aromatic carbocycles. The zero-order valence-corrected chi connectivity index (χ0v) is 14.1. The largest absolute Gasteiger partial charge is 0.494 e. The molecule has 122 valence electrons. The number of anilines is 2. The zero-order chi connectivity index (χ0) is 16.7. The predicted octanol–water partition coefficient (Wildman–Crippen LogP) is 5.41. The van der Waals surface area contributed by atoms with Crippen LogP contribution in [0.2, 0.25) is 5.02 Å². The average molecular weight is 333 g/mol. The maximum Gasteiger partial charge on any atom is 0.323 e. The molecule has 0 bridgehead atoms. The molecule has 0 heterocycles. The first-order valence-electron chi connectivity index (χ1n) is 7.59. The minimum absolute atomic E-state index is 0.327. The molecule has 0 radical (unpaired) electrons. The number of rotatable bonds is 6. The second kappa shape index (κ2) is 8.44. The Kier molecular flexibility index (Phi) is 6.29. The SMILES string of the molecule is CC(C)CCOc1cccc(NC(=O)Nc2cccc(Cl)c2)c1. The van der Waals surface area contributed by atoms with Crippen molar-refractivity contribution in [1.29, 1.82) is 0 Å². The molecule has 0 aliphatic rings. The Morgan fingerprint density at radius 1 is 1.09 bits per heavy atom. The van der Waals surface area contributed by atoms with Crippen LogP contribution in [0.1, 0.15) is 20.3 Å². The summed E-state index contributed by atoms with van der Waals surface area (Å²) >= 11 is 5.89. The lowest BCUT2D eigenvalue weighted by atomic mass is 10.1. The first-order chi connectivity index (χ1) is 11.0. The first kappa shape index (κ1) is 17.2. The monoisotopic (exact) mass is 332 g/mol. The van der Waals surface area contributed by atoms with Gasteiger partial charge in [0.05, 0.1) is 6.61 Å². The van der Waals surface area contributed by atoms with Gasteiger partial charge in [0.2, 0.25) is 0 Å². The summed E-state index contributed by atoms with van der Waals surface area (Å²) in [4.78, 5) is 12.0. The van der Waals surface area contributed by atoms with Crippen molar-refractivity contribution >= 4 is 29.0 Å². The molecule has 2 rings (SSSR count). The normalized spacial score (nSPS) is 10.4. The number of hydrogen-bond donors (Lipinski definition) is 2. The average Bonchev–Trinajstić information content (AvgIpc) is 2.47. The fourth-order valence-electron chi connectivity index (χ4n) is 1.94. The summed E-state index contributed by atoms with van der Waals surface area (Å²) in [7, 11) is 0. The fourth-order valence-corrected chi connectivity index (χ4v) is 2.13. The van der Waals surface area contributed by atoms with E-state index >= 15 is 0 Å². The van der Waals surface area contributed by atoms with Crippen LogP contribution >= 0.6 is 11.6 Å². The Hall–Kier alpha value is -2.20. The molecule has 0 aliphatic heterocycles. The van der Waals surface area contributed by atoms with Crippen LogP contribution in [0.3, 0.4) is 0 Å². The van der Waals surface area contributed by atoms with E-state index in [0.29, 0.717) is 28.9 Å². The molecule has 0 saturated carbocycles. The number of hydrogen-bond acceptors (Lipinski definition) is 2. The number of halogens is 1. The topological polar surface area (TPSA) is 50.4 Å². The molecule has 2 amide bonds. The van der Waals surface area contributed by atoms with Gasteiger partial charge in [0.25, 0.3) is 0 Å². The minimum Gasteiger partial charge on any atom is -0.494 e. The van der Waals surface area contributed by atoms with Gasteiger partial charge in [-0.05, 0) is 42.7 Å². The Morgan fingerprint density at radius 3 is 2.39 bits per heavy atom. The van der Waals surface area contributed by atoms with Crippen molar-refractivity contribution in [3.05, 3.63) is 53.6 Å². The number of amides is 2. The third kappa shape index (κ3) is 6.20. The third-order valence-electron chi connectivity index (χ3n) is 3.14. The highest BCUT2D eigenvalue weighted by molar-refractivity contribution is 6.30. The van der Waals surface area contributed by atoms with Crippen molar-refractivity contribution in [2.24, 2.45) is 5.92 Å². The Bertz CT molecular complexity index is 659. The highest BCUT2D eigenvalue weighted by Gasteiger charge is 2.04. The van der Waals surface area contributed by atoms with E-state index < -0.39 is 0 Å². The van der Waals surface area contributed by atoms with Crippen molar-refractivity contribution in [3.8, 4) is 5.75 Å². The van der Waals surface area contributed by atoms with Crippen molar-refractivity contribution < 1.29 is 9.53 Å². The van der Waals surface area contributed by atoms with Gasteiger partial charge in [0.15, 0.2) is 0 Å². The predicted molar refractivity (Wildman–Crippen MR) is 95.5 cm³/mol. The standard InChI is InChI=1S/C18H21ClN2O2/c1-13(2)9-10-23-17-8-4-7-16(12-17)21-18(22)20-15-6-3-5-14(19)11-15/h3-8,11-13H,9-10H2,1-2H3,(H2,20,21,22). The molecule has 2 N–H and O–H groups in total. The lowest BCUT2D eigenvalue weighted by Gasteiger charge is -2.11. The zero-order valence-electron chi connectivity index (χ0n) is 13.3. The molecule has 0 aliphatic carbocycles. The van der Waals surface area contributed by atoms with E-state index in [2.05, 4.69) is 24.5 Å². The Balaban J connectivity index is 1.90. The Morgan fingerprint density at radius 2 is 1.74 bits per heavy atom. The van der Waals surface area contributed by atoms with Crippen LogP contribution in [0.5, 0.6) is 5.75 Å². The number of urea groups is 1. The number of carbonyl (C=O) groups excluding carboxylic acids is 1. The summed E-state index contributed by atoms with van der Waals surface area (Å²) < 4.78 is 5.68. The third-order valence-corrected chi connectivity index (χ3v) is 3.37. The van der Waals surface area contributed by atoms with E-state index in [1.165, 1.54) is 0 Å². The van der Waals surface area contributed by atoms with Gasteiger partial charge in [0.1, 0.15) is 5.75 Å². The quantitative estimate of drug-likeness (QED) is 0.743. The molecule has 0 aromatic heterocycles. The lowest BCUT2D eigenvalue weighted by Crippen LogP contribution is -2.19. The summed E-state index contributed by atoms with van der Waals surface area (Å²) in [5.74, 6) is 1.34. The number of nitrogens with one attached hydrogen (secondary N) is 2. The molecule has 0 fully saturated rings. The van der Waals surface area contributed by atoms with Crippen LogP contribution in [0.4, 0.5) is 16.2 Å². The van der Waals surface area contributed by atoms with Gasteiger partial charge in [0, 0.05) is 22.5 Å². The van der Waals surface area contributed by atoms with Gasteiger partial charge < -0.3 is 15.4 Å². The number of ether oxygens (including phenoxy) is 1. The highest BCUT2D eigenvalue weighted by Crippen LogP contribution is 2.19. The molecule has 0 saturated heterocycles. The van der Waals surface area contributed by atoms with Gasteiger partial charge in [-0.2, -0.15) is 0 Å². The maximum absolute atomic E-state index is 12.0. The van der Waals surface area contributed by atoms with E-state index in [1.807, 2.05) is 18.2 Å². The van der Waals surface area contributed by atoms with Crippen LogP contribution in [0, 0.1) is 5.92 Å². The van der Waals surface area contributed by atoms with E-state index in [4.69, 9.17) is 16.3 Å². The van der Waals surface area contributed by atoms with Gasteiger partial charge in [-0.25, -0.2) is 4.79 Å². The summed E-state index contributed by atoms with van der Waals surface area (Å²) in [6.07, 6.45) is 0.993.